The molecule has 0 amide bonds. The maximum atomic E-state index is 10.8. The lowest BCUT2D eigenvalue weighted by molar-refractivity contribution is 1.23. The molecule has 0 aliphatic heterocycles. The number of nitrogens with zero attached hydrogens (tertiary/aromatic N) is 2. The van der Waals surface area contributed by atoms with E-state index in [4.69, 9.17) is 6.42 Å². The first-order valence-electron chi connectivity index (χ1n) is 3.12. The van der Waals surface area contributed by atoms with Crippen molar-refractivity contribution in [3.63, 3.8) is 0 Å². The van der Waals surface area contributed by atoms with Crippen LogP contribution in [0.1, 0.15) is 5.69 Å². The van der Waals surface area contributed by atoms with Crippen molar-refractivity contribution < 1.29 is 0 Å². The molecule has 0 aliphatic rings. The lowest BCUT2D eigenvalue weighted by Gasteiger charge is -1.87. The van der Waals surface area contributed by atoms with Crippen molar-refractivity contribution in [1.29, 1.82) is 0 Å². The van der Waals surface area contributed by atoms with E-state index in [0.717, 1.165) is 11.3 Å². The highest BCUT2D eigenvalue weighted by Gasteiger charge is 2.01. The van der Waals surface area contributed by atoms with Crippen LogP contribution in [0.3, 0.4) is 0 Å². The van der Waals surface area contributed by atoms with E-state index in [1.807, 2.05) is 0 Å². The average Bonchev–Trinajstić information content (AvgIpc) is 2.43. The van der Waals surface area contributed by atoms with E-state index in [9.17, 15) is 4.79 Å². The second-order valence-corrected chi connectivity index (χ2v) is 3.03. The minimum atomic E-state index is -0.167. The number of H-pyrrole nitrogens is 1. The van der Waals surface area contributed by atoms with Crippen molar-refractivity contribution >= 4 is 21.8 Å². The molecule has 1 N–H and O–H groups in total. The van der Waals surface area contributed by atoms with Crippen LogP contribution >= 0.6 is 11.3 Å². The summed E-state index contributed by atoms with van der Waals surface area (Å²) in [5.74, 6) is 2.35. The topological polar surface area (TPSA) is 58.6 Å². The van der Waals surface area contributed by atoms with Gasteiger partial charge in [0.05, 0.1) is 6.20 Å². The summed E-state index contributed by atoms with van der Waals surface area (Å²) < 4.78 is 0. The summed E-state index contributed by atoms with van der Waals surface area (Å²) in [4.78, 5) is 21.7. The third-order valence-electron chi connectivity index (χ3n) is 1.30. The molecule has 58 valence electrons. The number of rotatable bonds is 0. The van der Waals surface area contributed by atoms with Crippen LogP contribution < -0.4 is 4.87 Å². The van der Waals surface area contributed by atoms with Gasteiger partial charge in [0, 0.05) is 0 Å². The Kier molecular flexibility index (Phi) is 1.42. The van der Waals surface area contributed by atoms with Gasteiger partial charge in [-0.25, -0.2) is 9.97 Å². The first-order chi connectivity index (χ1) is 5.79. The Bertz CT molecular complexity index is 519. The highest BCUT2D eigenvalue weighted by Crippen LogP contribution is 2.07. The van der Waals surface area contributed by atoms with Gasteiger partial charge in [-0.2, -0.15) is 0 Å². The molecule has 0 unspecified atom stereocenters. The van der Waals surface area contributed by atoms with Crippen LogP contribution in [0.2, 0.25) is 0 Å². The highest BCUT2D eigenvalue weighted by molar-refractivity contribution is 7.15. The van der Waals surface area contributed by atoms with Gasteiger partial charge in [0.1, 0.15) is 5.69 Å². The molecule has 12 heavy (non-hydrogen) atoms. The van der Waals surface area contributed by atoms with E-state index in [0.29, 0.717) is 16.2 Å². The number of thiazole rings is 1. The summed E-state index contributed by atoms with van der Waals surface area (Å²) in [6.07, 6.45) is 6.56. The van der Waals surface area contributed by atoms with Gasteiger partial charge in [-0.1, -0.05) is 11.3 Å². The highest BCUT2D eigenvalue weighted by atomic mass is 32.1. The summed E-state index contributed by atoms with van der Waals surface area (Å²) in [5.41, 5.74) is 0.932. The summed E-state index contributed by atoms with van der Waals surface area (Å²) >= 11 is 1.00. The number of aromatic amines is 1. The zero-order valence-electron chi connectivity index (χ0n) is 5.87. The third kappa shape index (κ3) is 0.984. The molecule has 0 aliphatic carbocycles. The summed E-state index contributed by atoms with van der Waals surface area (Å²) in [7, 11) is 0. The predicted octanol–water partition coefficient (Wildman–Crippen LogP) is 0.361. The van der Waals surface area contributed by atoms with E-state index in [2.05, 4.69) is 20.9 Å². The minimum absolute atomic E-state index is 0.167. The Morgan fingerprint density at radius 1 is 1.67 bits per heavy atom. The molecule has 0 spiro atoms. The number of fused-ring (bicyclic) bond motifs is 1. The predicted molar refractivity (Wildman–Crippen MR) is 46.0 cm³/mol. The molecule has 0 aromatic carbocycles. The number of terminal acetylenes is 1. The van der Waals surface area contributed by atoms with Gasteiger partial charge in [0.2, 0.25) is 0 Å². The standard InChI is InChI=1S/C7H3N3OS/c1-2-4-3-8-5-6(9-4)12-7(11)10-5/h1,3H,(H,8,10,11). The second-order valence-electron chi connectivity index (χ2n) is 2.07. The zero-order chi connectivity index (χ0) is 8.55. The first-order valence-corrected chi connectivity index (χ1v) is 3.94. The molecule has 0 radical (unpaired) electrons. The van der Waals surface area contributed by atoms with Gasteiger partial charge in [-0.15, -0.1) is 6.42 Å². The normalized spacial score (nSPS) is 9.92. The van der Waals surface area contributed by atoms with Crippen molar-refractivity contribution in [2.45, 2.75) is 0 Å². The van der Waals surface area contributed by atoms with Gasteiger partial charge < -0.3 is 0 Å². The van der Waals surface area contributed by atoms with Gasteiger partial charge in [0.25, 0.3) is 0 Å². The minimum Gasteiger partial charge on any atom is -0.296 e. The maximum Gasteiger partial charge on any atom is 0.308 e. The molecule has 2 heterocycles. The monoisotopic (exact) mass is 177 g/mol. The van der Waals surface area contributed by atoms with Crippen LogP contribution in [0.4, 0.5) is 0 Å². The number of hydrogen-bond donors (Lipinski definition) is 1. The van der Waals surface area contributed by atoms with E-state index in [-0.39, 0.29) is 4.87 Å². The number of hydrogen-bond acceptors (Lipinski definition) is 4. The van der Waals surface area contributed by atoms with E-state index >= 15 is 0 Å². The summed E-state index contributed by atoms with van der Waals surface area (Å²) in [6.45, 7) is 0. The Labute approximate surface area is 71.3 Å². The molecule has 2 aromatic heterocycles. The molecular formula is C7H3N3OS. The van der Waals surface area contributed by atoms with Crippen molar-refractivity contribution in [2.75, 3.05) is 0 Å². The molecule has 5 heteroatoms. The lowest BCUT2D eigenvalue weighted by Crippen LogP contribution is -1.91. The van der Waals surface area contributed by atoms with E-state index in [1.165, 1.54) is 6.20 Å². The van der Waals surface area contributed by atoms with Crippen molar-refractivity contribution in [1.82, 2.24) is 15.0 Å². The van der Waals surface area contributed by atoms with Crippen LogP contribution in [-0.2, 0) is 0 Å². The Hall–Kier alpha value is -1.67. The molecule has 2 aromatic rings. The first kappa shape index (κ1) is 7.00. The van der Waals surface area contributed by atoms with Crippen LogP contribution in [0, 0.1) is 12.3 Å². The molecule has 0 bridgehead atoms. The molecule has 0 fully saturated rings. The van der Waals surface area contributed by atoms with Gasteiger partial charge in [-0.3, -0.25) is 9.78 Å². The van der Waals surface area contributed by atoms with E-state index in [1.54, 1.807) is 0 Å². The Morgan fingerprint density at radius 2 is 2.50 bits per heavy atom. The molecule has 2 rings (SSSR count). The quantitative estimate of drug-likeness (QED) is 0.591. The third-order valence-corrected chi connectivity index (χ3v) is 2.06. The maximum absolute atomic E-state index is 10.8. The van der Waals surface area contributed by atoms with Gasteiger partial charge >= 0.3 is 4.87 Å². The number of nitrogens with one attached hydrogen (secondary N) is 1. The fraction of sp³-hybridized carbons (Fsp3) is 0. The Morgan fingerprint density at radius 3 is 3.25 bits per heavy atom. The fourth-order valence-corrected chi connectivity index (χ4v) is 1.48. The van der Waals surface area contributed by atoms with Crippen LogP contribution in [-0.4, -0.2) is 15.0 Å². The van der Waals surface area contributed by atoms with Gasteiger partial charge in [0.15, 0.2) is 10.5 Å². The van der Waals surface area contributed by atoms with Crippen LogP contribution in [0.15, 0.2) is 11.0 Å². The number of aromatic nitrogens is 3. The molecule has 4 nitrogen and oxygen atoms in total. The van der Waals surface area contributed by atoms with Crippen LogP contribution in [0.25, 0.3) is 10.5 Å². The van der Waals surface area contributed by atoms with Crippen molar-refractivity contribution in [3.05, 3.63) is 21.6 Å². The average molecular weight is 177 g/mol. The van der Waals surface area contributed by atoms with Gasteiger partial charge in [-0.05, 0) is 5.92 Å². The van der Waals surface area contributed by atoms with Crippen molar-refractivity contribution in [2.24, 2.45) is 0 Å². The van der Waals surface area contributed by atoms with Crippen molar-refractivity contribution in [3.8, 4) is 12.3 Å². The summed E-state index contributed by atoms with van der Waals surface area (Å²) in [5, 5.41) is 0. The zero-order valence-corrected chi connectivity index (χ0v) is 6.68. The smallest absolute Gasteiger partial charge is 0.296 e. The van der Waals surface area contributed by atoms with Crippen LogP contribution in [0.5, 0.6) is 0 Å². The second kappa shape index (κ2) is 2.43. The fourth-order valence-electron chi connectivity index (χ4n) is 0.809. The largest absolute Gasteiger partial charge is 0.308 e. The SMILES string of the molecule is C#Cc1cnc2[nH]c(=O)sc2n1. The summed E-state index contributed by atoms with van der Waals surface area (Å²) in [6, 6.07) is 0. The van der Waals surface area contributed by atoms with E-state index < -0.39 is 0 Å². The molecule has 0 atom stereocenters. The molecule has 0 saturated heterocycles. The molecular weight excluding hydrogens is 174 g/mol. The molecule has 0 saturated carbocycles. The Balaban J connectivity index is 2.85. The lowest BCUT2D eigenvalue weighted by atomic mass is 10.5.